The van der Waals surface area contributed by atoms with Gasteiger partial charge in [-0.15, -0.1) is 0 Å². The predicted octanol–water partition coefficient (Wildman–Crippen LogP) is 2.98. The van der Waals surface area contributed by atoms with Gasteiger partial charge in [-0.3, -0.25) is 4.79 Å². The van der Waals surface area contributed by atoms with E-state index in [1.54, 1.807) is 0 Å². The summed E-state index contributed by atoms with van der Waals surface area (Å²) in [5, 5.41) is 13.6. The number of carbonyl (C=O) groups excluding carboxylic acids is 1. The number of hydrogen-bond acceptors (Lipinski definition) is 4. The van der Waals surface area contributed by atoms with E-state index in [2.05, 4.69) is 26.0 Å². The van der Waals surface area contributed by atoms with Crippen molar-refractivity contribution in [2.75, 3.05) is 13.1 Å². The summed E-state index contributed by atoms with van der Waals surface area (Å²) in [5.41, 5.74) is 0.00289. The summed E-state index contributed by atoms with van der Waals surface area (Å²) in [6.07, 6.45) is 1.87. The van der Waals surface area contributed by atoms with Crippen LogP contribution in [0.2, 0.25) is 0 Å². The molecule has 1 aliphatic heterocycles. The van der Waals surface area contributed by atoms with E-state index >= 15 is 0 Å². The Balaban J connectivity index is 0.000000270. The third-order valence-corrected chi connectivity index (χ3v) is 3.62. The quantitative estimate of drug-likeness (QED) is 0.798. The first-order valence-electron chi connectivity index (χ1n) is 7.07. The van der Waals surface area contributed by atoms with E-state index in [1.165, 1.54) is 0 Å². The topological polar surface area (TPSA) is 58.6 Å². The molecular weight excluding hydrogens is 334 g/mol. The lowest BCUT2D eigenvalue weighted by Crippen LogP contribution is -2.43. The second-order valence-corrected chi connectivity index (χ2v) is 7.06. The molecule has 0 bridgehead atoms. The highest BCUT2D eigenvalue weighted by atomic mass is 79.9. The van der Waals surface area contributed by atoms with E-state index in [-0.39, 0.29) is 5.60 Å². The van der Waals surface area contributed by atoms with Gasteiger partial charge in [0.15, 0.2) is 0 Å². The van der Waals surface area contributed by atoms with Gasteiger partial charge in [0.1, 0.15) is 11.2 Å². The molecule has 0 saturated carbocycles. The van der Waals surface area contributed by atoms with Crippen molar-refractivity contribution in [2.24, 2.45) is 0 Å². The minimum atomic E-state index is -0.679. The molecule has 2 N–H and O–H groups in total. The highest BCUT2D eigenvalue weighted by Gasteiger charge is 2.30. The average Bonchev–Trinajstić information content (AvgIpc) is 2.39. The van der Waals surface area contributed by atoms with Gasteiger partial charge in [-0.2, -0.15) is 0 Å². The summed E-state index contributed by atoms with van der Waals surface area (Å²) in [5.74, 6) is 0. The number of nitrogens with one attached hydrogen (secondary N) is 1. The average molecular weight is 358 g/mol. The molecule has 2 rings (SSSR count). The summed E-state index contributed by atoms with van der Waals surface area (Å²) in [4.78, 5) is 9.60. The molecule has 0 radical (unpaired) electrons. The first-order valence-corrected chi connectivity index (χ1v) is 7.87. The van der Waals surface area contributed by atoms with Crippen LogP contribution in [0.5, 0.6) is 0 Å². The Morgan fingerprint density at radius 3 is 2.57 bits per heavy atom. The number of aliphatic hydroxyl groups is 1. The van der Waals surface area contributed by atoms with Crippen molar-refractivity contribution < 1.29 is 14.6 Å². The molecule has 1 saturated heterocycles. The fraction of sp³-hybridized carbons (Fsp3) is 0.562. The van der Waals surface area contributed by atoms with Crippen LogP contribution in [-0.2, 0) is 15.1 Å². The Kier molecular flexibility index (Phi) is 6.84. The Morgan fingerprint density at radius 1 is 1.43 bits per heavy atom. The second kappa shape index (κ2) is 7.92. The lowest BCUT2D eigenvalue weighted by molar-refractivity contribution is -0.138. The van der Waals surface area contributed by atoms with Crippen molar-refractivity contribution in [1.29, 1.82) is 0 Å². The third kappa shape index (κ3) is 6.59. The van der Waals surface area contributed by atoms with Gasteiger partial charge in [-0.05, 0) is 57.9 Å². The maximum absolute atomic E-state index is 10.4. The summed E-state index contributed by atoms with van der Waals surface area (Å²) in [6.45, 7) is 7.59. The van der Waals surface area contributed by atoms with E-state index < -0.39 is 5.60 Å². The molecule has 0 aromatic heterocycles. The van der Waals surface area contributed by atoms with Gasteiger partial charge in [-0.1, -0.05) is 28.1 Å². The fourth-order valence-electron chi connectivity index (χ4n) is 2.06. The second-order valence-electron chi connectivity index (χ2n) is 6.15. The maximum Gasteiger partial charge on any atom is 0.293 e. The highest BCUT2D eigenvalue weighted by molar-refractivity contribution is 9.10. The third-order valence-electron chi connectivity index (χ3n) is 3.12. The van der Waals surface area contributed by atoms with Gasteiger partial charge >= 0.3 is 0 Å². The van der Waals surface area contributed by atoms with Gasteiger partial charge in [0.25, 0.3) is 6.47 Å². The highest BCUT2D eigenvalue weighted by Crippen LogP contribution is 2.29. The van der Waals surface area contributed by atoms with Gasteiger partial charge in [0.2, 0.25) is 0 Å². The first-order chi connectivity index (χ1) is 9.77. The van der Waals surface area contributed by atoms with E-state index in [4.69, 9.17) is 0 Å². The smallest absolute Gasteiger partial charge is 0.293 e. The van der Waals surface area contributed by atoms with Crippen molar-refractivity contribution in [3.63, 3.8) is 0 Å². The minimum Gasteiger partial charge on any atom is -0.462 e. The van der Waals surface area contributed by atoms with Gasteiger partial charge < -0.3 is 15.2 Å². The van der Waals surface area contributed by atoms with Crippen LogP contribution >= 0.6 is 15.9 Å². The van der Waals surface area contributed by atoms with Gasteiger partial charge in [0.05, 0.1) is 0 Å². The molecular formula is C16H24BrNO3. The fourth-order valence-corrected chi connectivity index (χ4v) is 2.46. The number of halogens is 1. The van der Waals surface area contributed by atoms with Crippen molar-refractivity contribution in [3.8, 4) is 0 Å². The van der Waals surface area contributed by atoms with Gasteiger partial charge in [-0.25, -0.2) is 0 Å². The van der Waals surface area contributed by atoms with Crippen LogP contribution in [0, 0.1) is 0 Å². The molecule has 1 aromatic rings. The molecule has 1 atom stereocenters. The van der Waals surface area contributed by atoms with E-state index in [9.17, 15) is 9.90 Å². The van der Waals surface area contributed by atoms with Crippen LogP contribution in [-0.4, -0.2) is 30.3 Å². The van der Waals surface area contributed by atoms with Crippen molar-refractivity contribution >= 4 is 22.4 Å². The number of piperidine rings is 1. The molecule has 0 aliphatic carbocycles. The molecule has 5 heteroatoms. The number of hydrogen-bond donors (Lipinski definition) is 2. The summed E-state index contributed by atoms with van der Waals surface area (Å²) in [6, 6.07) is 7.92. The number of rotatable bonds is 2. The van der Waals surface area contributed by atoms with Crippen molar-refractivity contribution in [3.05, 3.63) is 34.3 Å². The molecule has 1 aromatic carbocycles. The molecule has 0 amide bonds. The number of ether oxygens (including phenoxy) is 1. The molecule has 1 fully saturated rings. The SMILES string of the molecule is CC(C)(C)OC=O.OC1(c2cccc(Br)c2)CCCNC1. The van der Waals surface area contributed by atoms with Gasteiger partial charge in [0, 0.05) is 11.0 Å². The van der Waals surface area contributed by atoms with Crippen LogP contribution in [0.1, 0.15) is 39.2 Å². The molecule has 0 spiro atoms. The Morgan fingerprint density at radius 2 is 2.14 bits per heavy atom. The minimum absolute atomic E-state index is 0.318. The van der Waals surface area contributed by atoms with Crippen molar-refractivity contribution in [2.45, 2.75) is 44.8 Å². The largest absolute Gasteiger partial charge is 0.462 e. The zero-order valence-electron chi connectivity index (χ0n) is 12.9. The molecule has 4 nitrogen and oxygen atoms in total. The number of β-amino-alcohol motifs (C(OH)–C–C–N with tert-alkyl or cyclic N) is 1. The van der Waals surface area contributed by atoms with Crippen LogP contribution in [0.3, 0.4) is 0 Å². The molecule has 1 heterocycles. The Labute approximate surface area is 135 Å². The number of benzene rings is 1. The zero-order valence-corrected chi connectivity index (χ0v) is 14.4. The molecule has 1 aliphatic rings. The summed E-state index contributed by atoms with van der Waals surface area (Å²) >= 11 is 3.42. The van der Waals surface area contributed by atoms with Crippen LogP contribution in [0.4, 0.5) is 0 Å². The van der Waals surface area contributed by atoms with E-state index in [0.717, 1.165) is 29.4 Å². The number of carbonyl (C=O) groups is 1. The molecule has 118 valence electrons. The van der Waals surface area contributed by atoms with E-state index in [1.807, 2.05) is 45.0 Å². The Bertz CT molecular complexity index is 451. The van der Waals surface area contributed by atoms with Crippen LogP contribution in [0.15, 0.2) is 28.7 Å². The lowest BCUT2D eigenvalue weighted by Gasteiger charge is -2.33. The normalized spacial score (nSPS) is 22.0. The molecule has 21 heavy (non-hydrogen) atoms. The standard InChI is InChI=1S/C11H14BrNO.C5H10O2/c12-10-4-1-3-9(7-10)11(14)5-2-6-13-8-11;1-5(2,3)7-4-6/h1,3-4,7,13-14H,2,5-6,8H2;4H,1-3H3. The Hall–Kier alpha value is -0.910. The monoisotopic (exact) mass is 357 g/mol. The zero-order chi connectivity index (χ0) is 15.9. The maximum atomic E-state index is 10.4. The van der Waals surface area contributed by atoms with Crippen LogP contribution < -0.4 is 5.32 Å². The molecule has 1 unspecified atom stereocenters. The van der Waals surface area contributed by atoms with E-state index in [0.29, 0.717) is 13.0 Å². The lowest BCUT2D eigenvalue weighted by atomic mass is 9.87. The summed E-state index contributed by atoms with van der Waals surface area (Å²) in [7, 11) is 0. The first kappa shape index (κ1) is 18.1. The van der Waals surface area contributed by atoms with Crippen LogP contribution in [0.25, 0.3) is 0 Å². The summed E-state index contributed by atoms with van der Waals surface area (Å²) < 4.78 is 5.57. The van der Waals surface area contributed by atoms with Crippen molar-refractivity contribution in [1.82, 2.24) is 5.32 Å². The predicted molar refractivity (Wildman–Crippen MR) is 87.0 cm³/mol.